The van der Waals surface area contributed by atoms with Gasteiger partial charge in [0.05, 0.1) is 17.6 Å². The highest BCUT2D eigenvalue weighted by molar-refractivity contribution is 7.80. The maximum absolute atomic E-state index is 5.07. The van der Waals surface area contributed by atoms with Crippen molar-refractivity contribution in [2.75, 3.05) is 7.05 Å². The van der Waals surface area contributed by atoms with Crippen LogP contribution in [0.1, 0.15) is 19.4 Å². The molecule has 0 heterocycles. The molecule has 0 fully saturated rings. The molecule has 0 saturated carbocycles. The van der Waals surface area contributed by atoms with Crippen LogP contribution in [-0.4, -0.2) is 34.9 Å². The van der Waals surface area contributed by atoms with Gasteiger partial charge in [-0.25, -0.2) is 0 Å². The molecule has 23 heavy (non-hydrogen) atoms. The molecule has 0 aliphatic rings. The lowest BCUT2D eigenvalue weighted by Gasteiger charge is -2.05. The summed E-state index contributed by atoms with van der Waals surface area (Å²) in [6, 6.07) is 9.68. The molecule has 0 radical (unpaired) electrons. The Hall–Kier alpha value is -2.39. The van der Waals surface area contributed by atoms with Crippen LogP contribution in [0.5, 0.6) is 0 Å². The van der Waals surface area contributed by atoms with E-state index in [1.165, 1.54) is 0 Å². The van der Waals surface area contributed by atoms with Gasteiger partial charge in [-0.15, -0.1) is 0 Å². The van der Waals surface area contributed by atoms with Gasteiger partial charge < -0.3 is 5.32 Å². The van der Waals surface area contributed by atoms with E-state index >= 15 is 0 Å². The first-order chi connectivity index (χ1) is 11.0. The van der Waals surface area contributed by atoms with Crippen LogP contribution in [0, 0.1) is 0 Å². The molecule has 0 aliphatic carbocycles. The predicted octanol–water partition coefficient (Wildman–Crippen LogP) is 1.33. The van der Waals surface area contributed by atoms with Crippen LogP contribution < -0.4 is 21.6 Å². The van der Waals surface area contributed by atoms with Crippen molar-refractivity contribution in [1.82, 2.24) is 21.6 Å². The second kappa shape index (κ2) is 10.4. The molecule has 1 rings (SSSR count). The number of thiocarbonyl (C=S) groups is 2. The van der Waals surface area contributed by atoms with E-state index in [1.54, 1.807) is 27.1 Å². The lowest BCUT2D eigenvalue weighted by molar-refractivity contribution is 0.929. The Morgan fingerprint density at radius 2 is 1.48 bits per heavy atom. The van der Waals surface area contributed by atoms with E-state index in [9.17, 15) is 0 Å². The Bertz CT molecular complexity index is 623. The first-order valence-electron chi connectivity index (χ1n) is 6.73. The quantitative estimate of drug-likeness (QED) is 0.365. The van der Waals surface area contributed by atoms with Crippen molar-refractivity contribution < 1.29 is 0 Å². The molecule has 1 aromatic rings. The number of hydrogen-bond donors (Lipinski definition) is 4. The summed E-state index contributed by atoms with van der Waals surface area (Å²) in [4.78, 5) is 0. The fourth-order valence-corrected chi connectivity index (χ4v) is 1.36. The standard InChI is InChI=1S/C14H19N7S2/c1-10(17-20-13(22)15-3)11(2)18-21-14(23)19-16-9-12-7-5-4-6-8-12/h4-9H,1-3H3,(H2,15,20,22)(H2,19,21,23)/b16-9+,17-10?,18-11?. The third-order valence-corrected chi connectivity index (χ3v) is 3.06. The minimum atomic E-state index is 0.281. The maximum Gasteiger partial charge on any atom is 0.207 e. The largest absolute Gasteiger partial charge is 0.364 e. The van der Waals surface area contributed by atoms with Gasteiger partial charge in [-0.05, 0) is 43.8 Å². The lowest BCUT2D eigenvalue weighted by atomic mass is 10.2. The number of hydrogen-bond acceptors (Lipinski definition) is 5. The molecule has 0 atom stereocenters. The molecular formula is C14H19N7S2. The van der Waals surface area contributed by atoms with Crippen LogP contribution >= 0.6 is 24.4 Å². The zero-order chi connectivity index (χ0) is 17.1. The van der Waals surface area contributed by atoms with Crippen molar-refractivity contribution in [3.05, 3.63) is 35.9 Å². The average Bonchev–Trinajstić information content (AvgIpc) is 2.58. The fraction of sp³-hybridized carbons (Fsp3) is 0.214. The molecule has 0 bridgehead atoms. The Balaban J connectivity index is 2.44. The first kappa shape index (κ1) is 18.7. The molecule has 7 nitrogen and oxygen atoms in total. The summed E-state index contributed by atoms with van der Waals surface area (Å²) in [6.45, 7) is 3.60. The summed E-state index contributed by atoms with van der Waals surface area (Å²) in [7, 11) is 1.71. The fourth-order valence-electron chi connectivity index (χ4n) is 1.22. The molecule has 0 amide bonds. The monoisotopic (exact) mass is 349 g/mol. The Morgan fingerprint density at radius 1 is 0.913 bits per heavy atom. The zero-order valence-electron chi connectivity index (χ0n) is 13.1. The second-order valence-corrected chi connectivity index (χ2v) is 5.12. The average molecular weight is 349 g/mol. The van der Waals surface area contributed by atoms with E-state index < -0.39 is 0 Å². The summed E-state index contributed by atoms with van der Waals surface area (Å²) in [5.74, 6) is 0. The van der Waals surface area contributed by atoms with E-state index in [4.69, 9.17) is 24.4 Å². The lowest BCUT2D eigenvalue weighted by Crippen LogP contribution is -2.31. The summed E-state index contributed by atoms with van der Waals surface area (Å²) in [5.41, 5.74) is 10.4. The molecular weight excluding hydrogens is 330 g/mol. The SMILES string of the molecule is CNC(=S)NN=C(C)C(C)=NNC(=S)N/N=C/c1ccccc1. The summed E-state index contributed by atoms with van der Waals surface area (Å²) in [6.07, 6.45) is 1.67. The van der Waals surface area contributed by atoms with Gasteiger partial charge in [0.1, 0.15) is 0 Å². The van der Waals surface area contributed by atoms with Crippen molar-refractivity contribution in [1.29, 1.82) is 0 Å². The molecule has 0 unspecified atom stereocenters. The number of nitrogens with zero attached hydrogens (tertiary/aromatic N) is 3. The van der Waals surface area contributed by atoms with Crippen molar-refractivity contribution in [3.8, 4) is 0 Å². The first-order valence-corrected chi connectivity index (χ1v) is 7.55. The third kappa shape index (κ3) is 7.98. The van der Waals surface area contributed by atoms with E-state index in [0.29, 0.717) is 16.5 Å². The van der Waals surface area contributed by atoms with E-state index in [1.807, 2.05) is 30.3 Å². The minimum Gasteiger partial charge on any atom is -0.364 e. The third-order valence-electron chi connectivity index (χ3n) is 2.58. The Morgan fingerprint density at radius 3 is 2.04 bits per heavy atom. The summed E-state index contributed by atoms with van der Waals surface area (Å²) in [5, 5.41) is 15.7. The smallest absolute Gasteiger partial charge is 0.207 e. The van der Waals surface area contributed by atoms with E-state index in [-0.39, 0.29) is 5.11 Å². The predicted molar refractivity (Wildman–Crippen MR) is 104 cm³/mol. The van der Waals surface area contributed by atoms with Crippen molar-refractivity contribution in [2.24, 2.45) is 15.3 Å². The molecule has 122 valence electrons. The molecule has 0 saturated heterocycles. The van der Waals surface area contributed by atoms with Crippen LogP contribution in [0.2, 0.25) is 0 Å². The number of benzene rings is 1. The van der Waals surface area contributed by atoms with Crippen LogP contribution in [0.25, 0.3) is 0 Å². The van der Waals surface area contributed by atoms with Crippen molar-refractivity contribution in [3.63, 3.8) is 0 Å². The minimum absolute atomic E-state index is 0.281. The van der Waals surface area contributed by atoms with E-state index in [2.05, 4.69) is 36.9 Å². The molecule has 4 N–H and O–H groups in total. The van der Waals surface area contributed by atoms with E-state index in [0.717, 1.165) is 5.56 Å². The summed E-state index contributed by atoms with van der Waals surface area (Å²) >= 11 is 9.99. The maximum atomic E-state index is 5.07. The number of hydrazone groups is 3. The molecule has 0 aromatic heterocycles. The number of rotatable bonds is 5. The van der Waals surface area contributed by atoms with Crippen LogP contribution in [0.15, 0.2) is 45.6 Å². The molecule has 0 spiro atoms. The highest BCUT2D eigenvalue weighted by atomic mass is 32.1. The van der Waals surface area contributed by atoms with Gasteiger partial charge in [-0.2, -0.15) is 15.3 Å². The van der Waals surface area contributed by atoms with Crippen molar-refractivity contribution >= 4 is 52.3 Å². The molecule has 1 aromatic carbocycles. The van der Waals surface area contributed by atoms with Gasteiger partial charge in [0.15, 0.2) is 5.11 Å². The van der Waals surface area contributed by atoms with Gasteiger partial charge in [-0.3, -0.25) is 16.3 Å². The zero-order valence-corrected chi connectivity index (χ0v) is 14.8. The second-order valence-electron chi connectivity index (χ2n) is 4.31. The van der Waals surface area contributed by atoms with Gasteiger partial charge in [0.25, 0.3) is 0 Å². The van der Waals surface area contributed by atoms with Crippen LogP contribution in [0.3, 0.4) is 0 Å². The van der Waals surface area contributed by atoms with Crippen LogP contribution in [-0.2, 0) is 0 Å². The normalized spacial score (nSPS) is 12.0. The number of nitrogens with one attached hydrogen (secondary N) is 4. The molecule has 9 heteroatoms. The Kier molecular flexibility index (Phi) is 8.40. The summed E-state index contributed by atoms with van der Waals surface area (Å²) < 4.78 is 0. The highest BCUT2D eigenvalue weighted by Gasteiger charge is 1.98. The van der Waals surface area contributed by atoms with Gasteiger partial charge in [0, 0.05) is 7.05 Å². The Labute approximate surface area is 146 Å². The van der Waals surface area contributed by atoms with Gasteiger partial charge in [0.2, 0.25) is 5.11 Å². The van der Waals surface area contributed by atoms with Gasteiger partial charge in [-0.1, -0.05) is 30.3 Å². The highest BCUT2D eigenvalue weighted by Crippen LogP contribution is 1.93. The van der Waals surface area contributed by atoms with Gasteiger partial charge >= 0.3 is 0 Å². The van der Waals surface area contributed by atoms with Crippen LogP contribution in [0.4, 0.5) is 0 Å². The molecule has 0 aliphatic heterocycles. The van der Waals surface area contributed by atoms with Crippen molar-refractivity contribution in [2.45, 2.75) is 13.8 Å². The topological polar surface area (TPSA) is 85.2 Å².